The van der Waals surface area contributed by atoms with Gasteiger partial charge in [0.15, 0.2) is 12.1 Å². The number of hydrogen-bond donors (Lipinski definition) is 4. The Labute approximate surface area is 318 Å². The molecule has 1 aliphatic heterocycles. The van der Waals surface area contributed by atoms with E-state index < -0.39 is 48.3 Å². The van der Waals surface area contributed by atoms with Gasteiger partial charge in [-0.3, -0.25) is 4.79 Å². The fourth-order valence-electron chi connectivity index (χ4n) is 5.48. The number of carbonyl (C=O) groups excluding carboxylic acids is 1. The fraction of sp³-hybridized carbons (Fsp3) is 0.413. The van der Waals surface area contributed by atoms with E-state index in [0.717, 1.165) is 39.0 Å². The largest absolute Gasteiger partial charge is 0.394 e. The maximum Gasteiger partial charge on any atom is 0.187 e. The van der Waals surface area contributed by atoms with Crippen LogP contribution in [-0.2, 0) is 14.3 Å². The van der Waals surface area contributed by atoms with Crippen molar-refractivity contribution in [3.63, 3.8) is 0 Å². The molecule has 0 aromatic carbocycles. The minimum Gasteiger partial charge on any atom is -0.394 e. The number of aliphatic hydroxyl groups is 4. The zero-order chi connectivity index (χ0) is 39.8. The van der Waals surface area contributed by atoms with Crippen LogP contribution in [0.1, 0.15) is 75.7 Å². The van der Waals surface area contributed by atoms with E-state index in [-0.39, 0.29) is 5.78 Å². The Morgan fingerprint density at radius 3 is 1.72 bits per heavy atom. The van der Waals surface area contributed by atoms with Gasteiger partial charge < -0.3 is 29.9 Å². The summed E-state index contributed by atoms with van der Waals surface area (Å²) < 4.78 is 11.4. The molecule has 0 amide bonds. The Morgan fingerprint density at radius 2 is 1.21 bits per heavy atom. The average Bonchev–Trinajstić information content (AvgIpc) is 3.08. The average molecular weight is 727 g/mol. The van der Waals surface area contributed by atoms with Gasteiger partial charge in [0.05, 0.1) is 17.6 Å². The predicted octanol–water partition coefficient (Wildman–Crippen LogP) is 8.52. The third kappa shape index (κ3) is 15.5. The third-order valence-electron chi connectivity index (χ3n) is 8.97. The molecule has 0 saturated carbocycles. The number of carbonyl (C=O) groups is 1. The number of ether oxygens (including phenoxy) is 2. The lowest BCUT2D eigenvalue weighted by molar-refractivity contribution is -0.322. The van der Waals surface area contributed by atoms with Gasteiger partial charge in [-0.2, -0.15) is 0 Å². The fourth-order valence-corrected chi connectivity index (χ4v) is 5.48. The molecule has 5 atom stereocenters. The minimum atomic E-state index is -1.47. The van der Waals surface area contributed by atoms with Crippen molar-refractivity contribution in [2.45, 2.75) is 112 Å². The van der Waals surface area contributed by atoms with Crippen molar-refractivity contribution in [3.05, 3.63) is 154 Å². The second-order valence-corrected chi connectivity index (χ2v) is 14.9. The normalized spacial score (nSPS) is 26.0. The van der Waals surface area contributed by atoms with Gasteiger partial charge in [0.2, 0.25) is 0 Å². The van der Waals surface area contributed by atoms with Gasteiger partial charge in [-0.1, -0.05) is 137 Å². The van der Waals surface area contributed by atoms with Crippen LogP contribution < -0.4 is 0 Å². The Kier molecular flexibility index (Phi) is 18.5. The van der Waals surface area contributed by atoms with Crippen LogP contribution in [0, 0.1) is 5.41 Å². The molecular weight excluding hydrogens is 664 g/mol. The number of rotatable bonds is 16. The van der Waals surface area contributed by atoms with E-state index in [1.165, 1.54) is 0 Å². The highest BCUT2D eigenvalue weighted by Gasteiger charge is 2.45. The second kappa shape index (κ2) is 21.7. The molecule has 1 heterocycles. The summed E-state index contributed by atoms with van der Waals surface area (Å²) in [4.78, 5) is 12.3. The first-order valence-electron chi connectivity index (χ1n) is 18.2. The summed E-state index contributed by atoms with van der Waals surface area (Å²) in [6.07, 6.45) is 32.2. The van der Waals surface area contributed by atoms with Crippen LogP contribution in [0.5, 0.6) is 0 Å². The van der Waals surface area contributed by atoms with Gasteiger partial charge in [0.25, 0.3) is 0 Å². The minimum absolute atomic E-state index is 0.132. The van der Waals surface area contributed by atoms with Gasteiger partial charge in [-0.15, -0.1) is 0 Å². The van der Waals surface area contributed by atoms with E-state index in [2.05, 4.69) is 69.4 Å². The first-order valence-corrected chi connectivity index (χ1v) is 18.2. The van der Waals surface area contributed by atoms with Crippen molar-refractivity contribution < 1.29 is 34.7 Å². The van der Waals surface area contributed by atoms with Crippen molar-refractivity contribution in [3.8, 4) is 0 Å². The smallest absolute Gasteiger partial charge is 0.187 e. The van der Waals surface area contributed by atoms with Gasteiger partial charge in [-0.05, 0) is 92.9 Å². The maximum absolute atomic E-state index is 12.3. The van der Waals surface area contributed by atoms with Crippen LogP contribution >= 0.6 is 0 Å². The molecule has 53 heavy (non-hydrogen) atoms. The molecule has 0 unspecified atom stereocenters. The van der Waals surface area contributed by atoms with E-state index in [9.17, 15) is 25.2 Å². The van der Waals surface area contributed by atoms with Crippen molar-refractivity contribution >= 4 is 5.78 Å². The molecule has 0 spiro atoms. The third-order valence-corrected chi connectivity index (χ3v) is 8.97. The zero-order valence-corrected chi connectivity index (χ0v) is 33.3. The lowest BCUT2D eigenvalue weighted by Gasteiger charge is -2.42. The van der Waals surface area contributed by atoms with Crippen LogP contribution in [0.3, 0.4) is 0 Å². The summed E-state index contributed by atoms with van der Waals surface area (Å²) in [5.41, 5.74) is 6.46. The van der Waals surface area contributed by atoms with Gasteiger partial charge in [0, 0.05) is 0 Å². The van der Waals surface area contributed by atoms with Gasteiger partial charge in [-0.25, -0.2) is 0 Å². The molecule has 0 bridgehead atoms. The standard InChI is InChI=1S/C46H62O7/c1-32(17-11-12-18-33(2)20-15-24-36(5)26-28-38-37(6)27-29-40(48)46(38,9)10)19-13-21-34(3)22-14-23-35(4)25-16-30-45(7,8)53-44-43(51)42(50)41(49)39(31-47)52-44/h11-29,39,41-44,47,49-51H,30-31H2,1-10H3/b12-11+,19-13+,20-15+,22-14+,25-16+,28-26+,32-17+,33-18+,34-21+,35-23+,36-24+/t39-,41-,42+,43-,44+/m1/s1. The van der Waals surface area contributed by atoms with E-state index in [1.807, 2.05) is 109 Å². The molecule has 0 aromatic rings. The highest BCUT2D eigenvalue weighted by Crippen LogP contribution is 2.35. The van der Waals surface area contributed by atoms with E-state index in [0.29, 0.717) is 6.42 Å². The van der Waals surface area contributed by atoms with Crippen LogP contribution in [0.25, 0.3) is 0 Å². The number of aliphatic hydroxyl groups excluding tert-OH is 4. The Balaban J connectivity index is 1.83. The maximum atomic E-state index is 12.3. The first-order chi connectivity index (χ1) is 24.9. The number of ketones is 1. The van der Waals surface area contributed by atoms with Crippen LogP contribution in [0.2, 0.25) is 0 Å². The molecule has 7 nitrogen and oxygen atoms in total. The number of hydrogen-bond acceptors (Lipinski definition) is 7. The number of allylic oxidation sites excluding steroid dienone is 25. The molecule has 2 aliphatic rings. The van der Waals surface area contributed by atoms with E-state index >= 15 is 0 Å². The second-order valence-electron chi connectivity index (χ2n) is 14.9. The Morgan fingerprint density at radius 1 is 0.736 bits per heavy atom. The lowest BCUT2D eigenvalue weighted by atomic mass is 9.74. The summed E-state index contributed by atoms with van der Waals surface area (Å²) in [5, 5.41) is 39.7. The van der Waals surface area contributed by atoms with Crippen LogP contribution in [-0.4, -0.2) is 69.1 Å². The molecular formula is C46H62O7. The van der Waals surface area contributed by atoms with E-state index in [1.54, 1.807) is 6.08 Å². The monoisotopic (exact) mass is 726 g/mol. The molecule has 1 aliphatic carbocycles. The van der Waals surface area contributed by atoms with Crippen LogP contribution in [0.4, 0.5) is 0 Å². The molecule has 288 valence electrons. The highest BCUT2D eigenvalue weighted by atomic mass is 16.7. The highest BCUT2D eigenvalue weighted by molar-refractivity contribution is 5.99. The molecule has 1 saturated heterocycles. The van der Waals surface area contributed by atoms with Crippen LogP contribution in [0.15, 0.2) is 154 Å². The Bertz CT molecular complexity index is 1660. The SMILES string of the molecule is CC1=C(/C=C/C(C)=C/C=C/C(C)=C/C=C/C=C(C)/C=C/C=C(C)/C=C/C=C(C)/C=C/CC(C)(C)O[C@@H]2O[C@H](CO)[C@@H](O)[C@H](O)[C@H]2O)C(C)(C)C(=O)C=C1. The quantitative estimate of drug-likeness (QED) is 0.118. The Hall–Kier alpha value is -3.95. The lowest BCUT2D eigenvalue weighted by Crippen LogP contribution is -2.60. The summed E-state index contributed by atoms with van der Waals surface area (Å²) in [6.45, 7) is 19.4. The zero-order valence-electron chi connectivity index (χ0n) is 33.3. The van der Waals surface area contributed by atoms with Crippen molar-refractivity contribution in [1.29, 1.82) is 0 Å². The summed E-state index contributed by atoms with van der Waals surface area (Å²) >= 11 is 0. The molecule has 7 heteroatoms. The van der Waals surface area contributed by atoms with Crippen molar-refractivity contribution in [2.75, 3.05) is 6.61 Å². The molecule has 2 rings (SSSR count). The van der Waals surface area contributed by atoms with Crippen molar-refractivity contribution in [1.82, 2.24) is 0 Å². The van der Waals surface area contributed by atoms with Gasteiger partial charge >= 0.3 is 0 Å². The summed E-state index contributed by atoms with van der Waals surface area (Å²) in [6, 6.07) is 0. The summed E-state index contributed by atoms with van der Waals surface area (Å²) in [7, 11) is 0. The first kappa shape index (κ1) is 45.2. The molecule has 0 aromatic heterocycles. The van der Waals surface area contributed by atoms with Crippen molar-refractivity contribution in [2.24, 2.45) is 5.41 Å². The van der Waals surface area contributed by atoms with Gasteiger partial charge in [0.1, 0.15) is 24.4 Å². The molecule has 4 N–H and O–H groups in total. The summed E-state index contributed by atoms with van der Waals surface area (Å²) in [5.74, 6) is 0.132. The predicted molar refractivity (Wildman–Crippen MR) is 218 cm³/mol. The molecule has 1 fully saturated rings. The van der Waals surface area contributed by atoms with E-state index in [4.69, 9.17) is 9.47 Å². The topological polar surface area (TPSA) is 116 Å². The molecule has 0 radical (unpaired) electrons.